The second kappa shape index (κ2) is 8.62. The molecule has 1 amide bonds. The zero-order valence-electron chi connectivity index (χ0n) is 14.1. The van der Waals surface area contributed by atoms with E-state index in [-0.39, 0.29) is 24.3 Å². The van der Waals surface area contributed by atoms with Crippen LogP contribution in [0.3, 0.4) is 0 Å². The van der Waals surface area contributed by atoms with Gasteiger partial charge in [0.05, 0.1) is 5.75 Å². The summed E-state index contributed by atoms with van der Waals surface area (Å²) < 4.78 is 5.08. The summed E-state index contributed by atoms with van der Waals surface area (Å²) in [6.45, 7) is 1.93. The number of fused-ring (bicyclic) bond motifs is 1. The molecule has 2 heterocycles. The van der Waals surface area contributed by atoms with Crippen LogP contribution < -0.4 is 5.32 Å². The van der Waals surface area contributed by atoms with Crippen LogP contribution in [0, 0.1) is 5.92 Å². The van der Waals surface area contributed by atoms with Crippen molar-refractivity contribution in [2.75, 3.05) is 12.4 Å². The summed E-state index contributed by atoms with van der Waals surface area (Å²) in [6.07, 6.45) is 5.99. The first-order valence-electron chi connectivity index (χ1n) is 8.39. The van der Waals surface area contributed by atoms with Gasteiger partial charge in [0.1, 0.15) is 16.2 Å². The summed E-state index contributed by atoms with van der Waals surface area (Å²) in [6, 6.07) is 2.13. The number of nitrogens with one attached hydrogen (secondary N) is 1. The molecule has 1 saturated carbocycles. The lowest BCUT2D eigenvalue weighted by Gasteiger charge is -2.29. The molecule has 1 aliphatic rings. The van der Waals surface area contributed by atoms with Crippen LogP contribution in [0.25, 0.3) is 10.2 Å². The Morgan fingerprint density at radius 1 is 1.36 bits per heavy atom. The maximum atomic E-state index is 12.0. The van der Waals surface area contributed by atoms with Gasteiger partial charge in [-0.25, -0.2) is 9.97 Å². The van der Waals surface area contributed by atoms with Crippen molar-refractivity contribution in [2.24, 2.45) is 5.92 Å². The van der Waals surface area contributed by atoms with Crippen LogP contribution in [0.4, 0.5) is 0 Å². The number of carbonyl (C=O) groups excluding carboxylic acids is 2. The largest absolute Gasteiger partial charge is 0.455 e. The highest BCUT2D eigenvalue weighted by Crippen LogP contribution is 2.27. The molecule has 0 spiro atoms. The molecule has 2 aromatic heterocycles. The van der Waals surface area contributed by atoms with Crippen molar-refractivity contribution < 1.29 is 14.3 Å². The number of amides is 1. The molecule has 1 N–H and O–H groups in total. The maximum Gasteiger partial charge on any atom is 0.316 e. The quantitative estimate of drug-likeness (QED) is 0.472. The first-order valence-corrected chi connectivity index (χ1v) is 10.3. The zero-order valence-corrected chi connectivity index (χ0v) is 15.7. The van der Waals surface area contributed by atoms with E-state index in [2.05, 4.69) is 22.2 Å². The van der Waals surface area contributed by atoms with Gasteiger partial charge in [-0.15, -0.1) is 11.3 Å². The summed E-state index contributed by atoms with van der Waals surface area (Å²) >= 11 is 2.83. The van der Waals surface area contributed by atoms with Crippen molar-refractivity contribution in [3.05, 3.63) is 17.8 Å². The van der Waals surface area contributed by atoms with Gasteiger partial charge in [0.2, 0.25) is 0 Å². The number of thioether (sulfide) groups is 1. The number of hydrogen-bond donors (Lipinski definition) is 1. The van der Waals surface area contributed by atoms with E-state index in [1.165, 1.54) is 35.8 Å². The van der Waals surface area contributed by atoms with Crippen LogP contribution >= 0.6 is 23.1 Å². The molecule has 2 aromatic rings. The van der Waals surface area contributed by atoms with Crippen molar-refractivity contribution in [3.8, 4) is 0 Å². The van der Waals surface area contributed by atoms with E-state index >= 15 is 0 Å². The van der Waals surface area contributed by atoms with E-state index < -0.39 is 5.97 Å². The third-order valence-electron chi connectivity index (χ3n) is 4.37. The fourth-order valence-corrected chi connectivity index (χ4v) is 4.55. The smallest absolute Gasteiger partial charge is 0.316 e. The normalized spacial score (nSPS) is 20.4. The Balaban J connectivity index is 1.42. The molecule has 0 saturated heterocycles. The fourth-order valence-electron chi connectivity index (χ4n) is 2.98. The Bertz CT molecular complexity index is 750. The van der Waals surface area contributed by atoms with Crippen LogP contribution in [-0.4, -0.2) is 40.2 Å². The van der Waals surface area contributed by atoms with Gasteiger partial charge >= 0.3 is 5.97 Å². The lowest BCUT2D eigenvalue weighted by atomic mass is 9.86. The Morgan fingerprint density at radius 2 is 2.20 bits per heavy atom. The molecule has 25 heavy (non-hydrogen) atoms. The Labute approximate surface area is 154 Å². The van der Waals surface area contributed by atoms with E-state index in [0.717, 1.165) is 34.5 Å². The summed E-state index contributed by atoms with van der Waals surface area (Å²) in [5.41, 5.74) is 0. The van der Waals surface area contributed by atoms with E-state index in [0.29, 0.717) is 5.92 Å². The third kappa shape index (κ3) is 4.92. The predicted octanol–water partition coefficient (Wildman–Crippen LogP) is 3.02. The third-order valence-corrected chi connectivity index (χ3v) is 6.17. The highest BCUT2D eigenvalue weighted by Gasteiger charge is 2.23. The Morgan fingerprint density at radius 3 is 3.04 bits per heavy atom. The maximum absolute atomic E-state index is 12.0. The van der Waals surface area contributed by atoms with Gasteiger partial charge in [0.15, 0.2) is 6.61 Å². The van der Waals surface area contributed by atoms with Gasteiger partial charge in [-0.1, -0.05) is 31.5 Å². The number of thiophene rings is 1. The molecule has 8 heteroatoms. The summed E-state index contributed by atoms with van der Waals surface area (Å²) in [5, 5.41) is 6.61. The molecule has 0 unspecified atom stereocenters. The number of carbonyl (C=O) groups is 2. The summed E-state index contributed by atoms with van der Waals surface area (Å²) in [5.74, 6) is -0.0392. The fraction of sp³-hybridized carbons (Fsp3) is 0.529. The van der Waals surface area contributed by atoms with Gasteiger partial charge in [-0.2, -0.15) is 0 Å². The van der Waals surface area contributed by atoms with Gasteiger partial charge < -0.3 is 10.1 Å². The summed E-state index contributed by atoms with van der Waals surface area (Å²) in [7, 11) is 0. The molecule has 0 bridgehead atoms. The lowest BCUT2D eigenvalue weighted by Crippen LogP contribution is -2.43. The minimum absolute atomic E-state index is 0.120. The molecule has 0 aliphatic heterocycles. The average Bonchev–Trinajstić information content (AvgIpc) is 3.09. The number of aromatic nitrogens is 2. The molecule has 1 aliphatic carbocycles. The minimum atomic E-state index is -0.418. The van der Waals surface area contributed by atoms with Crippen LogP contribution in [0.2, 0.25) is 0 Å². The van der Waals surface area contributed by atoms with Crippen molar-refractivity contribution in [1.82, 2.24) is 15.3 Å². The average molecular weight is 380 g/mol. The van der Waals surface area contributed by atoms with Gasteiger partial charge in [0, 0.05) is 11.4 Å². The van der Waals surface area contributed by atoms with Crippen molar-refractivity contribution in [3.63, 3.8) is 0 Å². The van der Waals surface area contributed by atoms with Crippen LogP contribution in [0.1, 0.15) is 32.6 Å². The number of ether oxygens (including phenoxy) is 1. The number of nitrogens with zero attached hydrogens (tertiary/aromatic N) is 2. The summed E-state index contributed by atoms with van der Waals surface area (Å²) in [4.78, 5) is 33.1. The SMILES string of the molecule is C[C@H]1CCCC[C@H]1NC(=O)COC(=O)CSc1ncnc2sccc12. The molecule has 6 nitrogen and oxygen atoms in total. The van der Waals surface area contributed by atoms with Crippen molar-refractivity contribution in [1.29, 1.82) is 0 Å². The Hall–Kier alpha value is -1.67. The van der Waals surface area contributed by atoms with E-state index in [1.54, 1.807) is 0 Å². The van der Waals surface area contributed by atoms with Crippen molar-refractivity contribution in [2.45, 2.75) is 43.7 Å². The highest BCUT2D eigenvalue weighted by atomic mass is 32.2. The second-order valence-electron chi connectivity index (χ2n) is 6.20. The highest BCUT2D eigenvalue weighted by molar-refractivity contribution is 8.00. The van der Waals surface area contributed by atoms with Gasteiger partial charge in [-0.3, -0.25) is 9.59 Å². The molecule has 2 atom stereocenters. The van der Waals surface area contributed by atoms with Crippen LogP contribution in [0.5, 0.6) is 0 Å². The molecule has 0 aromatic carbocycles. The molecular formula is C17H21N3O3S2. The second-order valence-corrected chi connectivity index (χ2v) is 8.06. The van der Waals surface area contributed by atoms with Gasteiger partial charge in [-0.05, 0) is 30.2 Å². The van der Waals surface area contributed by atoms with Crippen LogP contribution in [0.15, 0.2) is 22.8 Å². The molecule has 1 fully saturated rings. The van der Waals surface area contributed by atoms with Crippen molar-refractivity contribution >= 4 is 45.2 Å². The number of esters is 1. The van der Waals surface area contributed by atoms with E-state index in [1.807, 2.05) is 11.4 Å². The standard InChI is InChI=1S/C17H21N3O3S2/c1-11-4-2-3-5-13(11)20-14(21)8-23-15(22)9-25-17-12-6-7-24-16(12)18-10-19-17/h6-7,10-11,13H,2-5,8-9H2,1H3,(H,20,21)/t11-,13+/m0/s1. The first-order chi connectivity index (χ1) is 12.1. The molecule has 0 radical (unpaired) electrons. The van der Waals surface area contributed by atoms with E-state index in [4.69, 9.17) is 4.74 Å². The Kier molecular flexibility index (Phi) is 6.25. The topological polar surface area (TPSA) is 81.2 Å². The molecular weight excluding hydrogens is 358 g/mol. The number of rotatable bonds is 6. The minimum Gasteiger partial charge on any atom is -0.455 e. The predicted molar refractivity (Wildman–Crippen MR) is 98.7 cm³/mol. The monoisotopic (exact) mass is 379 g/mol. The lowest BCUT2D eigenvalue weighted by molar-refractivity contribution is -0.146. The zero-order chi connectivity index (χ0) is 17.6. The number of hydrogen-bond acceptors (Lipinski definition) is 7. The molecule has 134 valence electrons. The first kappa shape index (κ1) is 18.1. The molecule has 3 rings (SSSR count). The van der Waals surface area contributed by atoms with Gasteiger partial charge in [0.25, 0.3) is 5.91 Å². The van der Waals surface area contributed by atoms with Crippen LogP contribution in [-0.2, 0) is 14.3 Å². The van der Waals surface area contributed by atoms with E-state index in [9.17, 15) is 9.59 Å².